The molecule has 4 rings (SSSR count). The lowest BCUT2D eigenvalue weighted by Gasteiger charge is -2.47. The molecule has 2 heterocycles. The van der Waals surface area contributed by atoms with Crippen LogP contribution in [0.15, 0.2) is 72.1 Å². The number of ether oxygens (including phenoxy) is 1. The van der Waals surface area contributed by atoms with Gasteiger partial charge in [0.15, 0.2) is 11.8 Å². The Morgan fingerprint density at radius 3 is 2.18 bits per heavy atom. The fourth-order valence-corrected chi connectivity index (χ4v) is 4.38. The maximum absolute atomic E-state index is 12.9. The Labute approximate surface area is 172 Å². The summed E-state index contributed by atoms with van der Waals surface area (Å²) in [5.41, 5.74) is 7.28. The molecule has 2 aliphatic rings. The van der Waals surface area contributed by atoms with Gasteiger partial charge in [-0.25, -0.2) is 4.79 Å². The number of halogens is 1. The summed E-state index contributed by atoms with van der Waals surface area (Å²) in [6, 6.07) is 18.0. The van der Waals surface area contributed by atoms with Crippen molar-refractivity contribution >= 4 is 36.0 Å². The lowest BCUT2D eigenvalue weighted by Crippen LogP contribution is -2.68. The van der Waals surface area contributed by atoms with E-state index in [1.54, 1.807) is 0 Å². The second-order valence-corrected chi connectivity index (χ2v) is 7.44. The Kier molecular flexibility index (Phi) is 5.98. The summed E-state index contributed by atoms with van der Waals surface area (Å²) in [6.45, 7) is 0. The summed E-state index contributed by atoms with van der Waals surface area (Å²) >= 11 is 1.33. The van der Waals surface area contributed by atoms with Gasteiger partial charge in [0.1, 0.15) is 17.2 Å². The lowest BCUT2D eigenvalue weighted by molar-refractivity contribution is -0.153. The number of hydrogen-bond donors (Lipinski definition) is 2. The summed E-state index contributed by atoms with van der Waals surface area (Å²) in [6.07, 6.45) is -0.654. The standard InChI is InChI=1S/C20H18N2O4S.ClH/c21-15-18(24)22-16(14(23)11-27-19(15)22)20(25)26-17(12-7-3-1-4-8-12)13-9-5-2-6-10-13;/h1-10,15,17,19,23H,11,21H2;1H/t15?,19-;/m0./s1. The van der Waals surface area contributed by atoms with E-state index in [0.29, 0.717) is 0 Å². The smallest absolute Gasteiger partial charge is 0.359 e. The number of esters is 1. The Morgan fingerprint density at radius 1 is 1.11 bits per heavy atom. The van der Waals surface area contributed by atoms with Crippen molar-refractivity contribution in [2.75, 3.05) is 5.75 Å². The number of carbonyl (C=O) groups excluding carboxylic acids is 2. The average Bonchev–Trinajstić information content (AvgIpc) is 2.72. The van der Waals surface area contributed by atoms with Crippen LogP contribution in [0.2, 0.25) is 0 Å². The molecule has 8 heteroatoms. The number of aliphatic hydroxyl groups excluding tert-OH is 1. The van der Waals surface area contributed by atoms with E-state index in [2.05, 4.69) is 0 Å². The van der Waals surface area contributed by atoms with Crippen LogP contribution >= 0.6 is 24.2 Å². The Hall–Kier alpha value is -2.48. The molecule has 0 aromatic heterocycles. The molecule has 1 unspecified atom stereocenters. The number of thioether (sulfide) groups is 1. The van der Waals surface area contributed by atoms with Crippen LogP contribution in [0.3, 0.4) is 0 Å². The van der Waals surface area contributed by atoms with Gasteiger partial charge in [-0.1, -0.05) is 60.7 Å². The summed E-state index contributed by atoms with van der Waals surface area (Å²) in [4.78, 5) is 26.3. The highest BCUT2D eigenvalue weighted by atomic mass is 35.5. The third-order valence-corrected chi connectivity index (χ3v) is 5.90. The predicted octanol–water partition coefficient (Wildman–Crippen LogP) is 2.75. The molecule has 2 aliphatic heterocycles. The van der Waals surface area contributed by atoms with Crippen molar-refractivity contribution in [3.8, 4) is 0 Å². The van der Waals surface area contributed by atoms with Gasteiger partial charge in [0.05, 0.1) is 5.75 Å². The van der Waals surface area contributed by atoms with Crippen LogP contribution in [0.1, 0.15) is 17.2 Å². The Morgan fingerprint density at radius 2 is 1.64 bits per heavy atom. The number of hydrogen-bond acceptors (Lipinski definition) is 6. The zero-order valence-corrected chi connectivity index (χ0v) is 16.4. The molecule has 1 fully saturated rings. The van der Waals surface area contributed by atoms with E-state index in [1.807, 2.05) is 60.7 Å². The highest BCUT2D eigenvalue weighted by molar-refractivity contribution is 8.00. The molecule has 0 radical (unpaired) electrons. The second kappa shape index (κ2) is 8.26. The van der Waals surface area contributed by atoms with Crippen LogP contribution in [0.25, 0.3) is 0 Å². The number of benzene rings is 2. The maximum Gasteiger partial charge on any atom is 0.359 e. The van der Waals surface area contributed by atoms with Crippen molar-refractivity contribution in [3.05, 3.63) is 83.2 Å². The first kappa shape index (κ1) is 20.3. The van der Waals surface area contributed by atoms with Gasteiger partial charge in [-0.2, -0.15) is 0 Å². The van der Waals surface area contributed by atoms with Gasteiger partial charge < -0.3 is 15.6 Å². The fourth-order valence-electron chi connectivity index (χ4n) is 3.24. The number of β-lactam (4-membered cyclic amide) rings is 1. The number of rotatable bonds is 4. The first-order valence-corrected chi connectivity index (χ1v) is 9.56. The van der Waals surface area contributed by atoms with Gasteiger partial charge in [-0.05, 0) is 11.1 Å². The van der Waals surface area contributed by atoms with Crippen LogP contribution in [-0.2, 0) is 14.3 Å². The number of amides is 1. The average molecular weight is 419 g/mol. The predicted molar refractivity (Wildman–Crippen MR) is 109 cm³/mol. The molecule has 2 aromatic carbocycles. The third-order valence-electron chi connectivity index (χ3n) is 4.61. The molecule has 0 bridgehead atoms. The van der Waals surface area contributed by atoms with Crippen molar-refractivity contribution in [2.45, 2.75) is 17.5 Å². The van der Waals surface area contributed by atoms with Crippen molar-refractivity contribution in [2.24, 2.45) is 5.73 Å². The van der Waals surface area contributed by atoms with E-state index in [9.17, 15) is 14.7 Å². The second-order valence-electron chi connectivity index (χ2n) is 6.34. The molecule has 0 aliphatic carbocycles. The van der Waals surface area contributed by atoms with Crippen LogP contribution < -0.4 is 5.73 Å². The SMILES string of the molecule is Cl.NC1C(=O)N2C(C(=O)OC(c3ccccc3)c3ccccc3)=C(O)CS[C@@H]12. The molecule has 2 atom stereocenters. The molecule has 0 saturated carbocycles. The van der Waals surface area contributed by atoms with Gasteiger partial charge in [0.25, 0.3) is 0 Å². The molecule has 2 aromatic rings. The molecule has 28 heavy (non-hydrogen) atoms. The highest BCUT2D eigenvalue weighted by Gasteiger charge is 2.52. The van der Waals surface area contributed by atoms with Crippen molar-refractivity contribution < 1.29 is 19.4 Å². The molecular formula is C20H19ClN2O4S. The van der Waals surface area contributed by atoms with E-state index in [-0.39, 0.29) is 40.9 Å². The normalized spacial score (nSPS) is 20.9. The minimum absolute atomic E-state index is 0. The highest BCUT2D eigenvalue weighted by Crippen LogP contribution is 2.40. The van der Waals surface area contributed by atoms with E-state index in [4.69, 9.17) is 10.5 Å². The molecule has 1 saturated heterocycles. The number of fused-ring (bicyclic) bond motifs is 1. The molecule has 0 spiro atoms. The maximum atomic E-state index is 12.9. The number of nitrogens with zero attached hydrogens (tertiary/aromatic N) is 1. The third kappa shape index (κ3) is 3.48. The fraction of sp³-hybridized carbons (Fsp3) is 0.200. The zero-order valence-electron chi connectivity index (χ0n) is 14.7. The van der Waals surface area contributed by atoms with Crippen LogP contribution in [-0.4, -0.2) is 39.1 Å². The first-order valence-electron chi connectivity index (χ1n) is 8.51. The largest absolute Gasteiger partial charge is 0.509 e. The first-order chi connectivity index (χ1) is 13.1. The van der Waals surface area contributed by atoms with Gasteiger partial charge >= 0.3 is 5.97 Å². The minimum Gasteiger partial charge on any atom is -0.509 e. The van der Waals surface area contributed by atoms with E-state index in [0.717, 1.165) is 11.1 Å². The molecular weight excluding hydrogens is 400 g/mol. The summed E-state index contributed by atoms with van der Waals surface area (Å²) < 4.78 is 5.77. The number of aliphatic hydroxyl groups is 1. The topological polar surface area (TPSA) is 92.9 Å². The van der Waals surface area contributed by atoms with E-state index < -0.39 is 18.1 Å². The Balaban J connectivity index is 0.00000225. The van der Waals surface area contributed by atoms with Crippen LogP contribution in [0, 0.1) is 0 Å². The summed E-state index contributed by atoms with van der Waals surface area (Å²) in [5, 5.41) is 9.90. The van der Waals surface area contributed by atoms with Crippen molar-refractivity contribution in [1.82, 2.24) is 4.90 Å². The van der Waals surface area contributed by atoms with Crippen LogP contribution in [0.5, 0.6) is 0 Å². The summed E-state index contributed by atoms with van der Waals surface area (Å²) in [7, 11) is 0. The Bertz CT molecular complexity index is 867. The van der Waals surface area contributed by atoms with Gasteiger partial charge in [-0.3, -0.25) is 9.69 Å². The van der Waals surface area contributed by atoms with Gasteiger partial charge in [-0.15, -0.1) is 24.2 Å². The molecule has 146 valence electrons. The zero-order chi connectivity index (χ0) is 19.0. The number of carbonyl (C=O) groups is 2. The lowest BCUT2D eigenvalue weighted by atomic mass is 10.0. The van der Waals surface area contributed by atoms with E-state index >= 15 is 0 Å². The van der Waals surface area contributed by atoms with Crippen molar-refractivity contribution in [3.63, 3.8) is 0 Å². The van der Waals surface area contributed by atoms with Gasteiger partial charge in [0.2, 0.25) is 5.91 Å². The monoisotopic (exact) mass is 418 g/mol. The molecule has 3 N–H and O–H groups in total. The van der Waals surface area contributed by atoms with Crippen molar-refractivity contribution in [1.29, 1.82) is 0 Å². The quantitative estimate of drug-likeness (QED) is 0.585. The van der Waals surface area contributed by atoms with Gasteiger partial charge in [0, 0.05) is 0 Å². The minimum atomic E-state index is -0.740. The molecule has 1 amide bonds. The summed E-state index contributed by atoms with van der Waals surface area (Å²) in [5.74, 6) is -1.08. The van der Waals surface area contributed by atoms with E-state index in [1.165, 1.54) is 16.7 Å². The van der Waals surface area contributed by atoms with Crippen LogP contribution in [0.4, 0.5) is 0 Å². The molecule has 6 nitrogen and oxygen atoms in total. The number of nitrogens with two attached hydrogens (primary N) is 1.